The Balaban J connectivity index is 1.91. The van der Waals surface area contributed by atoms with Gasteiger partial charge in [0, 0.05) is 54.7 Å². The highest BCUT2D eigenvalue weighted by atomic mass is 32.2. The normalized spacial score (nSPS) is 14.4. The van der Waals surface area contributed by atoms with E-state index in [-0.39, 0.29) is 6.10 Å². The molecule has 1 aromatic carbocycles. The molecular formula is C20H26N4OS. The van der Waals surface area contributed by atoms with Crippen molar-refractivity contribution in [3.63, 3.8) is 0 Å². The summed E-state index contributed by atoms with van der Waals surface area (Å²) < 4.78 is 5.81. The Hall–Kier alpha value is -2.21. The molecule has 0 spiro atoms. The summed E-state index contributed by atoms with van der Waals surface area (Å²) in [5.74, 6) is 3.98. The third kappa shape index (κ3) is 4.30. The summed E-state index contributed by atoms with van der Waals surface area (Å²) in [6.07, 6.45) is 1.90. The van der Waals surface area contributed by atoms with Gasteiger partial charge in [-0.05, 0) is 44.2 Å². The molecule has 0 atom stereocenters. The van der Waals surface area contributed by atoms with E-state index < -0.39 is 0 Å². The predicted molar refractivity (Wildman–Crippen MR) is 111 cm³/mol. The number of hydrogen-bond acceptors (Lipinski definition) is 6. The molecule has 2 aromatic rings. The van der Waals surface area contributed by atoms with Crippen molar-refractivity contribution < 1.29 is 4.74 Å². The SMILES string of the molecule is CNc1ccc(OC(C)C)cc1C(=N)c1ccnc(N2CCSCC2)c1. The minimum Gasteiger partial charge on any atom is -0.491 e. The summed E-state index contributed by atoms with van der Waals surface area (Å²) in [6, 6.07) is 9.76. The third-order valence-electron chi connectivity index (χ3n) is 4.27. The molecule has 0 saturated carbocycles. The third-order valence-corrected chi connectivity index (χ3v) is 5.21. The Labute approximate surface area is 159 Å². The van der Waals surface area contributed by atoms with Crippen LogP contribution in [0.15, 0.2) is 36.5 Å². The molecule has 0 bridgehead atoms. The van der Waals surface area contributed by atoms with Crippen LogP contribution in [0.5, 0.6) is 5.75 Å². The van der Waals surface area contributed by atoms with Gasteiger partial charge < -0.3 is 15.0 Å². The molecule has 1 aromatic heterocycles. The number of rotatable bonds is 6. The van der Waals surface area contributed by atoms with Crippen molar-refractivity contribution >= 4 is 29.0 Å². The van der Waals surface area contributed by atoms with Gasteiger partial charge in [0.25, 0.3) is 0 Å². The molecule has 2 N–H and O–H groups in total. The second kappa shape index (κ2) is 8.45. The maximum atomic E-state index is 8.76. The summed E-state index contributed by atoms with van der Waals surface area (Å²) in [7, 11) is 1.87. The average Bonchev–Trinajstić information content (AvgIpc) is 2.67. The minimum absolute atomic E-state index is 0.0990. The summed E-state index contributed by atoms with van der Waals surface area (Å²) in [6.45, 7) is 6.02. The summed E-state index contributed by atoms with van der Waals surface area (Å²) in [5.41, 5.74) is 3.08. The smallest absolute Gasteiger partial charge is 0.129 e. The number of thioether (sulfide) groups is 1. The molecule has 0 radical (unpaired) electrons. The molecule has 5 nitrogen and oxygen atoms in total. The largest absolute Gasteiger partial charge is 0.491 e. The van der Waals surface area contributed by atoms with E-state index in [1.54, 1.807) is 6.20 Å². The Bertz CT molecular complexity index is 772. The molecule has 1 saturated heterocycles. The molecule has 1 aliphatic heterocycles. The van der Waals surface area contributed by atoms with Crippen LogP contribution in [0.3, 0.4) is 0 Å². The predicted octanol–water partition coefficient (Wildman–Crippen LogP) is 3.88. The molecule has 1 fully saturated rings. The van der Waals surface area contributed by atoms with E-state index in [2.05, 4.69) is 15.2 Å². The quantitative estimate of drug-likeness (QED) is 0.756. The van der Waals surface area contributed by atoms with E-state index in [1.807, 2.05) is 63.0 Å². The van der Waals surface area contributed by atoms with Gasteiger partial charge in [-0.3, -0.25) is 5.41 Å². The van der Waals surface area contributed by atoms with E-state index in [1.165, 1.54) is 0 Å². The lowest BCUT2D eigenvalue weighted by Gasteiger charge is -2.27. The first kappa shape index (κ1) is 18.6. The number of anilines is 2. The van der Waals surface area contributed by atoms with E-state index in [9.17, 15) is 0 Å². The van der Waals surface area contributed by atoms with Crippen LogP contribution in [-0.2, 0) is 0 Å². The Morgan fingerprint density at radius 1 is 1.23 bits per heavy atom. The first-order valence-electron chi connectivity index (χ1n) is 8.95. The Morgan fingerprint density at radius 3 is 2.69 bits per heavy atom. The van der Waals surface area contributed by atoms with Crippen molar-refractivity contribution in [3.8, 4) is 5.75 Å². The first-order chi connectivity index (χ1) is 12.6. The van der Waals surface area contributed by atoms with Gasteiger partial charge in [-0.2, -0.15) is 11.8 Å². The van der Waals surface area contributed by atoms with Gasteiger partial charge in [-0.25, -0.2) is 4.98 Å². The van der Waals surface area contributed by atoms with Crippen LogP contribution in [0.4, 0.5) is 11.5 Å². The first-order valence-corrected chi connectivity index (χ1v) is 10.1. The van der Waals surface area contributed by atoms with E-state index in [4.69, 9.17) is 10.1 Å². The second-order valence-electron chi connectivity index (χ2n) is 6.50. The lowest BCUT2D eigenvalue weighted by molar-refractivity contribution is 0.242. The molecule has 0 amide bonds. The number of nitrogens with zero attached hydrogens (tertiary/aromatic N) is 2. The van der Waals surface area contributed by atoms with Crippen molar-refractivity contribution in [2.45, 2.75) is 20.0 Å². The fraction of sp³-hybridized carbons (Fsp3) is 0.400. The molecule has 0 aliphatic carbocycles. The summed E-state index contributed by atoms with van der Waals surface area (Å²) in [4.78, 5) is 6.81. The van der Waals surface area contributed by atoms with Crippen LogP contribution < -0.4 is 15.0 Å². The minimum atomic E-state index is 0.0990. The molecule has 26 heavy (non-hydrogen) atoms. The molecule has 2 heterocycles. The molecular weight excluding hydrogens is 344 g/mol. The zero-order chi connectivity index (χ0) is 18.5. The number of hydrogen-bond donors (Lipinski definition) is 2. The standard InChI is InChI=1S/C20H26N4OS/c1-14(2)25-16-4-5-18(22-3)17(13-16)20(21)15-6-7-23-19(12-15)24-8-10-26-11-9-24/h4-7,12-14,21-22H,8-11H2,1-3H3. The average molecular weight is 371 g/mol. The number of ether oxygens (including phenoxy) is 1. The van der Waals surface area contributed by atoms with Gasteiger partial charge in [0.2, 0.25) is 0 Å². The molecule has 1 aliphatic rings. The molecule has 6 heteroatoms. The van der Waals surface area contributed by atoms with E-state index in [0.717, 1.165) is 53.0 Å². The van der Waals surface area contributed by atoms with Crippen molar-refractivity contribution in [1.29, 1.82) is 5.41 Å². The van der Waals surface area contributed by atoms with Crippen molar-refractivity contribution in [2.75, 3.05) is 41.9 Å². The summed E-state index contributed by atoms with van der Waals surface area (Å²) in [5, 5.41) is 11.9. The highest BCUT2D eigenvalue weighted by Crippen LogP contribution is 2.26. The second-order valence-corrected chi connectivity index (χ2v) is 7.73. The van der Waals surface area contributed by atoms with Crippen LogP contribution in [0.2, 0.25) is 0 Å². The van der Waals surface area contributed by atoms with Crippen molar-refractivity contribution in [3.05, 3.63) is 47.7 Å². The van der Waals surface area contributed by atoms with Crippen LogP contribution in [0, 0.1) is 5.41 Å². The van der Waals surface area contributed by atoms with Crippen molar-refractivity contribution in [2.24, 2.45) is 0 Å². The Morgan fingerprint density at radius 2 is 2.00 bits per heavy atom. The van der Waals surface area contributed by atoms with Gasteiger partial charge in [-0.1, -0.05) is 0 Å². The fourth-order valence-corrected chi connectivity index (χ4v) is 3.89. The number of aromatic nitrogens is 1. The van der Waals surface area contributed by atoms with Crippen molar-refractivity contribution in [1.82, 2.24) is 4.98 Å². The Kier molecular flexibility index (Phi) is 6.04. The highest BCUT2D eigenvalue weighted by molar-refractivity contribution is 7.99. The number of nitrogens with one attached hydrogen (secondary N) is 2. The van der Waals surface area contributed by atoms with E-state index >= 15 is 0 Å². The van der Waals surface area contributed by atoms with Gasteiger partial charge in [0.05, 0.1) is 11.8 Å². The lowest BCUT2D eigenvalue weighted by Crippen LogP contribution is -2.33. The van der Waals surface area contributed by atoms with Crippen LogP contribution >= 0.6 is 11.8 Å². The van der Waals surface area contributed by atoms with Crippen LogP contribution in [0.1, 0.15) is 25.0 Å². The maximum Gasteiger partial charge on any atom is 0.129 e. The number of pyridine rings is 1. The summed E-state index contributed by atoms with van der Waals surface area (Å²) >= 11 is 1.98. The van der Waals surface area contributed by atoms with Gasteiger partial charge >= 0.3 is 0 Å². The fourth-order valence-electron chi connectivity index (χ4n) is 2.99. The lowest BCUT2D eigenvalue weighted by atomic mass is 10.0. The monoisotopic (exact) mass is 370 g/mol. The number of benzene rings is 1. The molecule has 3 rings (SSSR count). The molecule has 0 unspecified atom stereocenters. The van der Waals surface area contributed by atoms with Gasteiger partial charge in [-0.15, -0.1) is 0 Å². The highest BCUT2D eigenvalue weighted by Gasteiger charge is 2.16. The van der Waals surface area contributed by atoms with Crippen LogP contribution in [-0.4, -0.2) is 48.4 Å². The van der Waals surface area contributed by atoms with Gasteiger partial charge in [0.15, 0.2) is 0 Å². The zero-order valence-corrected chi connectivity index (χ0v) is 16.4. The maximum absolute atomic E-state index is 8.76. The van der Waals surface area contributed by atoms with Gasteiger partial charge in [0.1, 0.15) is 11.6 Å². The topological polar surface area (TPSA) is 61.2 Å². The zero-order valence-electron chi connectivity index (χ0n) is 15.6. The molecule has 138 valence electrons. The van der Waals surface area contributed by atoms with Crippen LogP contribution in [0.25, 0.3) is 0 Å². The van der Waals surface area contributed by atoms with E-state index in [0.29, 0.717) is 5.71 Å².